The molecule has 1 heterocycles. The van der Waals surface area contributed by atoms with Crippen molar-refractivity contribution in [2.45, 2.75) is 25.4 Å². The van der Waals surface area contributed by atoms with E-state index < -0.39 is 11.8 Å². The molecule has 1 saturated carbocycles. The summed E-state index contributed by atoms with van der Waals surface area (Å²) in [6.45, 7) is 0.142. The molecule has 0 saturated heterocycles. The minimum Gasteiger partial charge on any atom is -0.483 e. The van der Waals surface area contributed by atoms with Crippen molar-refractivity contribution >= 4 is 11.7 Å². The van der Waals surface area contributed by atoms with Crippen molar-refractivity contribution in [2.24, 2.45) is 11.7 Å². The van der Waals surface area contributed by atoms with Crippen molar-refractivity contribution in [2.75, 3.05) is 5.01 Å². The first-order valence-electron chi connectivity index (χ1n) is 7.14. The summed E-state index contributed by atoms with van der Waals surface area (Å²) in [6.07, 6.45) is 3.41. The molecular weight excluding hydrogens is 303 g/mol. The standard InChI is InChI=1S/C15H17FN4O3/c16-10-6-12(9-3-4-9)14(23-8-11-2-1-5-22-11)13(7-10)20(18)15(21)19-17/h1-2,5-7,9H,3-4,8,17-18H2,(H,19,21). The van der Waals surface area contributed by atoms with Crippen LogP contribution < -0.4 is 26.9 Å². The lowest BCUT2D eigenvalue weighted by Crippen LogP contribution is -2.47. The van der Waals surface area contributed by atoms with Crippen LogP contribution >= 0.6 is 0 Å². The summed E-state index contributed by atoms with van der Waals surface area (Å²) in [5.41, 5.74) is 2.71. The molecule has 0 spiro atoms. The second-order valence-electron chi connectivity index (χ2n) is 5.31. The molecular formula is C15H17FN4O3. The van der Waals surface area contributed by atoms with E-state index in [4.69, 9.17) is 20.8 Å². The number of furan rings is 1. The molecule has 2 aromatic rings. The number of nitrogens with two attached hydrogens (primary N) is 2. The van der Waals surface area contributed by atoms with Crippen molar-refractivity contribution < 1.29 is 18.3 Å². The number of benzene rings is 1. The molecule has 5 N–H and O–H groups in total. The molecule has 7 nitrogen and oxygen atoms in total. The highest BCUT2D eigenvalue weighted by atomic mass is 19.1. The van der Waals surface area contributed by atoms with E-state index in [0.717, 1.165) is 23.9 Å². The molecule has 23 heavy (non-hydrogen) atoms. The highest BCUT2D eigenvalue weighted by Crippen LogP contribution is 2.47. The number of carbonyl (C=O) groups excluding carboxylic acids is 1. The van der Waals surface area contributed by atoms with Crippen molar-refractivity contribution in [3.05, 3.63) is 47.7 Å². The van der Waals surface area contributed by atoms with Gasteiger partial charge in [-0.1, -0.05) is 0 Å². The highest BCUT2D eigenvalue weighted by Gasteiger charge is 2.31. The van der Waals surface area contributed by atoms with Gasteiger partial charge in [0.25, 0.3) is 0 Å². The monoisotopic (exact) mass is 320 g/mol. The molecule has 1 aromatic heterocycles. The van der Waals surface area contributed by atoms with Gasteiger partial charge < -0.3 is 9.15 Å². The van der Waals surface area contributed by atoms with E-state index in [9.17, 15) is 9.18 Å². The number of hydrogen-bond donors (Lipinski definition) is 3. The van der Waals surface area contributed by atoms with Gasteiger partial charge in [-0.2, -0.15) is 0 Å². The van der Waals surface area contributed by atoms with Gasteiger partial charge >= 0.3 is 6.03 Å². The van der Waals surface area contributed by atoms with Crippen molar-refractivity contribution in [3.63, 3.8) is 0 Å². The first-order valence-corrected chi connectivity index (χ1v) is 7.14. The Bertz CT molecular complexity index is 701. The van der Waals surface area contributed by atoms with Gasteiger partial charge in [0, 0.05) is 11.6 Å². The minimum atomic E-state index is -0.778. The van der Waals surface area contributed by atoms with E-state index >= 15 is 0 Å². The minimum absolute atomic E-state index is 0.112. The number of halogens is 1. The molecule has 1 aromatic carbocycles. The Labute approximate surface area is 131 Å². The lowest BCUT2D eigenvalue weighted by atomic mass is 10.1. The molecule has 1 aliphatic rings. The van der Waals surface area contributed by atoms with Crippen LogP contribution in [0.4, 0.5) is 14.9 Å². The number of nitrogens with zero attached hydrogens (tertiary/aromatic N) is 1. The van der Waals surface area contributed by atoms with Crippen molar-refractivity contribution in [1.82, 2.24) is 5.43 Å². The summed E-state index contributed by atoms with van der Waals surface area (Å²) in [5, 5.41) is 0.729. The Balaban J connectivity index is 1.96. The van der Waals surface area contributed by atoms with E-state index in [1.54, 1.807) is 12.1 Å². The maximum absolute atomic E-state index is 13.9. The molecule has 122 valence electrons. The molecule has 1 aliphatic carbocycles. The molecule has 8 heteroatoms. The highest BCUT2D eigenvalue weighted by molar-refractivity contribution is 5.92. The van der Waals surface area contributed by atoms with Gasteiger partial charge in [0.05, 0.1) is 6.26 Å². The van der Waals surface area contributed by atoms with Gasteiger partial charge in [-0.05, 0) is 37.0 Å². The fraction of sp³-hybridized carbons (Fsp3) is 0.267. The van der Waals surface area contributed by atoms with Crippen LogP contribution in [0.2, 0.25) is 0 Å². The Morgan fingerprint density at radius 1 is 1.48 bits per heavy atom. The molecule has 1 fully saturated rings. The first-order chi connectivity index (χ1) is 11.1. The zero-order valence-electron chi connectivity index (χ0n) is 12.3. The predicted molar refractivity (Wildman–Crippen MR) is 80.8 cm³/mol. The number of carbonyl (C=O) groups is 1. The van der Waals surface area contributed by atoms with E-state index in [2.05, 4.69) is 0 Å². The molecule has 0 unspecified atom stereocenters. The third kappa shape index (κ3) is 3.27. The van der Waals surface area contributed by atoms with E-state index in [-0.39, 0.29) is 18.2 Å². The predicted octanol–water partition coefficient (Wildman–Crippen LogP) is 2.14. The van der Waals surface area contributed by atoms with Crippen LogP contribution in [0.5, 0.6) is 5.75 Å². The Morgan fingerprint density at radius 2 is 2.26 bits per heavy atom. The van der Waals surface area contributed by atoms with Gasteiger partial charge in [-0.3, -0.25) is 5.43 Å². The van der Waals surface area contributed by atoms with Crippen LogP contribution in [-0.2, 0) is 6.61 Å². The number of hydrazine groups is 2. The number of amides is 2. The molecule has 0 radical (unpaired) electrons. The van der Waals surface area contributed by atoms with Crippen molar-refractivity contribution in [1.29, 1.82) is 0 Å². The fourth-order valence-corrected chi connectivity index (χ4v) is 2.35. The van der Waals surface area contributed by atoms with Crippen LogP contribution in [0.3, 0.4) is 0 Å². The third-order valence-electron chi connectivity index (χ3n) is 3.62. The Kier molecular flexibility index (Phi) is 4.18. The topological polar surface area (TPSA) is 107 Å². The van der Waals surface area contributed by atoms with E-state index in [1.807, 2.05) is 5.43 Å². The molecule has 0 aliphatic heterocycles. The Hall–Kier alpha value is -2.58. The summed E-state index contributed by atoms with van der Waals surface area (Å²) in [6, 6.07) is 5.27. The van der Waals surface area contributed by atoms with Crippen LogP contribution in [0.25, 0.3) is 0 Å². The van der Waals surface area contributed by atoms with Crippen molar-refractivity contribution in [3.8, 4) is 5.75 Å². The average molecular weight is 320 g/mol. The van der Waals surface area contributed by atoms with Gasteiger partial charge in [0.1, 0.15) is 29.6 Å². The number of hydrogen-bond acceptors (Lipinski definition) is 5. The van der Waals surface area contributed by atoms with Gasteiger partial charge in [0.15, 0.2) is 0 Å². The van der Waals surface area contributed by atoms with Gasteiger partial charge in [-0.25, -0.2) is 25.9 Å². The zero-order valence-corrected chi connectivity index (χ0v) is 12.3. The summed E-state index contributed by atoms with van der Waals surface area (Å²) in [4.78, 5) is 11.7. The van der Waals surface area contributed by atoms with Crippen LogP contribution in [-0.4, -0.2) is 6.03 Å². The smallest absolute Gasteiger partial charge is 0.350 e. The zero-order chi connectivity index (χ0) is 16.4. The number of rotatable bonds is 5. The number of nitrogens with one attached hydrogen (secondary N) is 1. The summed E-state index contributed by atoms with van der Waals surface area (Å²) in [5.74, 6) is 11.5. The maximum atomic E-state index is 13.9. The molecule has 3 rings (SSSR count). The van der Waals surface area contributed by atoms with Crippen LogP contribution in [0.15, 0.2) is 34.9 Å². The van der Waals surface area contributed by atoms with Gasteiger partial charge in [0.2, 0.25) is 0 Å². The third-order valence-corrected chi connectivity index (χ3v) is 3.62. The molecule has 2 amide bonds. The fourth-order valence-electron chi connectivity index (χ4n) is 2.35. The quantitative estimate of drug-likeness (QED) is 0.444. The second-order valence-corrected chi connectivity index (χ2v) is 5.31. The number of urea groups is 1. The maximum Gasteiger partial charge on any atom is 0.350 e. The van der Waals surface area contributed by atoms with Crippen LogP contribution in [0, 0.1) is 5.82 Å². The largest absolute Gasteiger partial charge is 0.483 e. The number of anilines is 1. The SMILES string of the molecule is NNC(=O)N(N)c1cc(F)cc(C2CC2)c1OCc1ccco1. The molecule has 0 bridgehead atoms. The summed E-state index contributed by atoms with van der Waals surface area (Å²) in [7, 11) is 0. The normalized spacial score (nSPS) is 13.7. The van der Waals surface area contributed by atoms with E-state index in [0.29, 0.717) is 17.1 Å². The summed E-state index contributed by atoms with van der Waals surface area (Å²) >= 11 is 0. The summed E-state index contributed by atoms with van der Waals surface area (Å²) < 4.78 is 24.9. The lowest BCUT2D eigenvalue weighted by molar-refractivity contribution is 0.245. The second kappa shape index (κ2) is 6.27. The van der Waals surface area contributed by atoms with Gasteiger partial charge in [-0.15, -0.1) is 0 Å². The molecule has 0 atom stereocenters. The lowest BCUT2D eigenvalue weighted by Gasteiger charge is -2.22. The Morgan fingerprint density at radius 3 is 2.87 bits per heavy atom. The number of ether oxygens (including phenoxy) is 1. The first kappa shape index (κ1) is 15.3. The average Bonchev–Trinajstić information content (AvgIpc) is 3.27. The van der Waals surface area contributed by atoms with E-state index in [1.165, 1.54) is 12.3 Å². The van der Waals surface area contributed by atoms with Crippen LogP contribution in [0.1, 0.15) is 30.1 Å².